The molecule has 112 valence electrons. The summed E-state index contributed by atoms with van der Waals surface area (Å²) in [6, 6.07) is 7.39. The minimum atomic E-state index is -0.394. The molecule has 0 spiro atoms. The first-order valence-electron chi connectivity index (χ1n) is 7.05. The molecule has 2 aliphatic heterocycles. The van der Waals surface area contributed by atoms with E-state index in [1.807, 2.05) is 24.3 Å². The van der Waals surface area contributed by atoms with Gasteiger partial charge in [0.1, 0.15) is 6.61 Å². The highest BCUT2D eigenvalue weighted by molar-refractivity contribution is 5.92. The summed E-state index contributed by atoms with van der Waals surface area (Å²) in [6.45, 7) is 1.53. The average Bonchev–Trinajstić information content (AvgIpc) is 2.54. The zero-order valence-corrected chi connectivity index (χ0v) is 11.9. The summed E-state index contributed by atoms with van der Waals surface area (Å²) >= 11 is 0. The lowest BCUT2D eigenvalue weighted by molar-refractivity contribution is -0.146. The van der Waals surface area contributed by atoms with E-state index in [-0.39, 0.29) is 24.5 Å². The molecule has 0 saturated carbocycles. The van der Waals surface area contributed by atoms with Gasteiger partial charge >= 0.3 is 12.1 Å². The summed E-state index contributed by atoms with van der Waals surface area (Å²) in [5, 5.41) is 3.18. The molecule has 6 heteroatoms. The van der Waals surface area contributed by atoms with Crippen LogP contribution in [0.5, 0.6) is 0 Å². The third kappa shape index (κ3) is 2.47. The van der Waals surface area contributed by atoms with Crippen LogP contribution in [0.25, 0.3) is 0 Å². The first-order chi connectivity index (χ1) is 10.2. The third-order valence-corrected chi connectivity index (χ3v) is 4.08. The van der Waals surface area contributed by atoms with E-state index in [1.165, 1.54) is 7.11 Å². The third-order valence-electron chi connectivity index (χ3n) is 4.08. The van der Waals surface area contributed by atoms with Crippen LogP contribution in [0.2, 0.25) is 0 Å². The van der Waals surface area contributed by atoms with Gasteiger partial charge in [0.15, 0.2) is 0 Å². The van der Waals surface area contributed by atoms with Crippen molar-refractivity contribution in [2.45, 2.75) is 19.1 Å². The Morgan fingerprint density at radius 3 is 3.05 bits per heavy atom. The summed E-state index contributed by atoms with van der Waals surface area (Å²) in [6.07, 6.45) is 0.290. The van der Waals surface area contributed by atoms with E-state index in [9.17, 15) is 9.59 Å². The van der Waals surface area contributed by atoms with E-state index < -0.39 is 6.09 Å². The highest BCUT2D eigenvalue weighted by Gasteiger charge is 2.41. The molecule has 1 fully saturated rings. The van der Waals surface area contributed by atoms with Crippen molar-refractivity contribution in [2.75, 3.05) is 25.1 Å². The number of fused-ring (bicyclic) bond motifs is 1. The fourth-order valence-corrected chi connectivity index (χ4v) is 3.03. The second kappa shape index (κ2) is 5.73. The zero-order valence-electron chi connectivity index (χ0n) is 11.9. The number of methoxy groups -OCH3 is 1. The van der Waals surface area contributed by atoms with Gasteiger partial charge < -0.3 is 14.8 Å². The van der Waals surface area contributed by atoms with E-state index in [2.05, 4.69) is 5.32 Å². The number of hydrogen-bond acceptors (Lipinski definition) is 5. The van der Waals surface area contributed by atoms with Crippen LogP contribution < -0.4 is 10.2 Å². The molecule has 1 aromatic rings. The van der Waals surface area contributed by atoms with Gasteiger partial charge in [-0.25, -0.2) is 4.79 Å². The number of para-hydroxylation sites is 1. The van der Waals surface area contributed by atoms with E-state index in [4.69, 9.17) is 9.47 Å². The summed E-state index contributed by atoms with van der Waals surface area (Å²) in [7, 11) is 1.37. The lowest BCUT2D eigenvalue weighted by atomic mass is 9.91. The molecule has 1 aromatic carbocycles. The Labute approximate surface area is 123 Å². The largest absolute Gasteiger partial charge is 0.469 e. The van der Waals surface area contributed by atoms with Gasteiger partial charge in [-0.15, -0.1) is 0 Å². The lowest BCUT2D eigenvalue weighted by Crippen LogP contribution is -2.56. The maximum absolute atomic E-state index is 12.2. The minimum absolute atomic E-state index is 0.243. The smallest absolute Gasteiger partial charge is 0.414 e. The van der Waals surface area contributed by atoms with E-state index >= 15 is 0 Å². The van der Waals surface area contributed by atoms with Crippen molar-refractivity contribution in [1.82, 2.24) is 5.32 Å². The topological polar surface area (TPSA) is 67.9 Å². The number of hydrogen-bond donors (Lipinski definition) is 1. The molecule has 0 aromatic heterocycles. The Morgan fingerprint density at radius 2 is 2.24 bits per heavy atom. The maximum atomic E-state index is 12.2. The molecular formula is C15H18N2O4. The summed E-state index contributed by atoms with van der Waals surface area (Å²) in [4.78, 5) is 25.9. The monoisotopic (exact) mass is 290 g/mol. The number of nitrogens with one attached hydrogen (secondary N) is 1. The Balaban J connectivity index is 1.97. The summed E-state index contributed by atoms with van der Waals surface area (Å²) in [5.74, 6) is -0.689. The van der Waals surface area contributed by atoms with E-state index in [0.717, 1.165) is 17.8 Å². The van der Waals surface area contributed by atoms with Crippen molar-refractivity contribution < 1.29 is 19.1 Å². The lowest BCUT2D eigenvalue weighted by Gasteiger charge is -2.40. The van der Waals surface area contributed by atoms with Crippen molar-refractivity contribution in [2.24, 2.45) is 5.92 Å². The van der Waals surface area contributed by atoms with Crippen LogP contribution in [0.3, 0.4) is 0 Å². The molecule has 1 saturated heterocycles. The number of ether oxygens (including phenoxy) is 2. The van der Waals surface area contributed by atoms with E-state index in [1.54, 1.807) is 4.90 Å². The second-order valence-electron chi connectivity index (χ2n) is 5.24. The van der Waals surface area contributed by atoms with Gasteiger partial charge in [-0.05, 0) is 19.0 Å². The second-order valence-corrected chi connectivity index (χ2v) is 5.24. The quantitative estimate of drug-likeness (QED) is 0.831. The van der Waals surface area contributed by atoms with Crippen LogP contribution in [0, 0.1) is 5.92 Å². The number of piperidine rings is 1. The van der Waals surface area contributed by atoms with Gasteiger partial charge in [0.2, 0.25) is 0 Å². The van der Waals surface area contributed by atoms with Crippen molar-refractivity contribution in [3.63, 3.8) is 0 Å². The number of carbonyl (C=O) groups excluding carboxylic acids is 2. The highest BCUT2D eigenvalue weighted by Crippen LogP contribution is 2.32. The fraction of sp³-hybridized carbons (Fsp3) is 0.467. The van der Waals surface area contributed by atoms with Gasteiger partial charge in [0.25, 0.3) is 0 Å². The SMILES string of the molecule is COC(=O)C1CNCCC1N1C(=O)OCc2ccccc21. The van der Waals surface area contributed by atoms with Crippen LogP contribution >= 0.6 is 0 Å². The number of amides is 1. The maximum Gasteiger partial charge on any atom is 0.414 e. The van der Waals surface area contributed by atoms with Gasteiger partial charge in [-0.3, -0.25) is 9.69 Å². The van der Waals surface area contributed by atoms with Crippen molar-refractivity contribution in [1.29, 1.82) is 0 Å². The number of benzene rings is 1. The molecule has 0 bridgehead atoms. The number of cyclic esters (lactones) is 1. The first kappa shape index (κ1) is 13.9. The average molecular weight is 290 g/mol. The van der Waals surface area contributed by atoms with Crippen molar-refractivity contribution >= 4 is 17.7 Å². The van der Waals surface area contributed by atoms with Gasteiger partial charge in [0.05, 0.1) is 24.8 Å². The van der Waals surface area contributed by atoms with Crippen LogP contribution in [0.15, 0.2) is 24.3 Å². The molecule has 0 aliphatic carbocycles. The van der Waals surface area contributed by atoms with Crippen molar-refractivity contribution in [3.05, 3.63) is 29.8 Å². The predicted molar refractivity (Wildman–Crippen MR) is 75.9 cm³/mol. The Bertz CT molecular complexity index is 560. The number of anilines is 1. The van der Waals surface area contributed by atoms with Crippen molar-refractivity contribution in [3.8, 4) is 0 Å². The molecule has 2 unspecified atom stereocenters. The summed E-state index contributed by atoms with van der Waals surface area (Å²) < 4.78 is 10.1. The molecule has 2 heterocycles. The van der Waals surface area contributed by atoms with Crippen LogP contribution in [0.4, 0.5) is 10.5 Å². The van der Waals surface area contributed by atoms with E-state index in [0.29, 0.717) is 13.0 Å². The number of nitrogens with zero attached hydrogens (tertiary/aromatic N) is 1. The molecule has 2 atom stereocenters. The first-order valence-corrected chi connectivity index (χ1v) is 7.05. The molecule has 21 heavy (non-hydrogen) atoms. The fourth-order valence-electron chi connectivity index (χ4n) is 3.03. The Kier molecular flexibility index (Phi) is 3.79. The van der Waals surface area contributed by atoms with Crippen LogP contribution in [-0.4, -0.2) is 38.3 Å². The highest BCUT2D eigenvalue weighted by atomic mass is 16.6. The number of rotatable bonds is 2. The minimum Gasteiger partial charge on any atom is -0.469 e. The molecule has 1 amide bonds. The molecule has 0 radical (unpaired) electrons. The molecule has 1 N–H and O–H groups in total. The Hall–Kier alpha value is -2.08. The zero-order chi connectivity index (χ0) is 14.8. The molecule has 6 nitrogen and oxygen atoms in total. The normalized spacial score (nSPS) is 25.0. The predicted octanol–water partition coefficient (Wildman–Crippen LogP) is 1.29. The Morgan fingerprint density at radius 1 is 1.43 bits per heavy atom. The summed E-state index contributed by atoms with van der Waals surface area (Å²) in [5.41, 5.74) is 1.79. The van der Waals surface area contributed by atoms with Crippen LogP contribution in [0.1, 0.15) is 12.0 Å². The van der Waals surface area contributed by atoms with Gasteiger partial charge in [-0.1, -0.05) is 18.2 Å². The van der Waals surface area contributed by atoms with Gasteiger partial charge in [0, 0.05) is 12.1 Å². The van der Waals surface area contributed by atoms with Crippen LogP contribution in [-0.2, 0) is 20.9 Å². The van der Waals surface area contributed by atoms with Gasteiger partial charge in [-0.2, -0.15) is 0 Å². The molecular weight excluding hydrogens is 272 g/mol. The molecule has 2 aliphatic rings. The standard InChI is InChI=1S/C15H18N2O4/c1-20-14(18)11-8-16-7-6-13(11)17-12-5-3-2-4-10(12)9-21-15(17)19/h2-5,11,13,16H,6-9H2,1H3. The number of carbonyl (C=O) groups is 2. The number of esters is 1. The molecule has 3 rings (SSSR count).